The minimum Gasteiger partial charge on any atom is -0.493 e. The van der Waals surface area contributed by atoms with Crippen molar-refractivity contribution < 1.29 is 23.7 Å². The Bertz CT molecular complexity index is 1080. The van der Waals surface area contributed by atoms with Crippen molar-refractivity contribution in [3.63, 3.8) is 0 Å². The van der Waals surface area contributed by atoms with E-state index in [1.165, 1.54) is 21.3 Å². The van der Waals surface area contributed by atoms with Gasteiger partial charge in [-0.15, -0.1) is 0 Å². The number of pyridine rings is 1. The van der Waals surface area contributed by atoms with Crippen LogP contribution in [-0.2, 0) is 0 Å². The van der Waals surface area contributed by atoms with Crippen LogP contribution in [0.1, 0.15) is 10.4 Å². The quantitative estimate of drug-likeness (QED) is 0.608. The zero-order chi connectivity index (χ0) is 21.3. The van der Waals surface area contributed by atoms with E-state index in [0.29, 0.717) is 28.6 Å². The van der Waals surface area contributed by atoms with Gasteiger partial charge in [-0.3, -0.25) is 9.78 Å². The molecule has 1 N–H and O–H groups in total. The molecule has 0 radical (unpaired) electrons. The van der Waals surface area contributed by atoms with E-state index in [0.717, 1.165) is 10.9 Å². The second-order valence-corrected chi connectivity index (χ2v) is 6.10. The SMILES string of the molecule is COc1cc(C(=O)NCC#CCOc2ccc3cccnc3c2)cc(OC)c1OC. The summed E-state index contributed by atoms with van der Waals surface area (Å²) in [5.41, 5.74) is 1.24. The van der Waals surface area contributed by atoms with Crippen LogP contribution >= 0.6 is 0 Å². The number of carbonyl (C=O) groups is 1. The molecule has 7 heteroatoms. The van der Waals surface area contributed by atoms with Crippen LogP contribution in [0.4, 0.5) is 0 Å². The summed E-state index contributed by atoms with van der Waals surface area (Å²) < 4.78 is 21.4. The fourth-order valence-electron chi connectivity index (χ4n) is 2.81. The standard InChI is InChI=1S/C23H22N2O5/c1-27-20-13-17(14-21(28-2)22(20)29-3)23(26)25-10-4-5-12-30-18-9-8-16-7-6-11-24-19(16)15-18/h6-9,11,13-15H,10,12H2,1-3H3,(H,25,26). The van der Waals surface area contributed by atoms with Crippen molar-refractivity contribution in [3.05, 3.63) is 54.2 Å². The summed E-state index contributed by atoms with van der Waals surface area (Å²) in [6, 6.07) is 12.7. The fourth-order valence-corrected chi connectivity index (χ4v) is 2.81. The first-order valence-corrected chi connectivity index (χ1v) is 9.17. The Morgan fingerprint density at radius 3 is 2.47 bits per heavy atom. The van der Waals surface area contributed by atoms with Crippen LogP contribution in [0.25, 0.3) is 10.9 Å². The van der Waals surface area contributed by atoms with Crippen molar-refractivity contribution in [1.29, 1.82) is 0 Å². The molecule has 0 spiro atoms. The van der Waals surface area contributed by atoms with E-state index in [4.69, 9.17) is 18.9 Å². The molecule has 1 amide bonds. The van der Waals surface area contributed by atoms with Crippen LogP contribution in [0.2, 0.25) is 0 Å². The monoisotopic (exact) mass is 406 g/mol. The normalized spacial score (nSPS) is 9.97. The Labute approximate surface area is 174 Å². The van der Waals surface area contributed by atoms with E-state index in [-0.39, 0.29) is 19.1 Å². The van der Waals surface area contributed by atoms with Gasteiger partial charge in [0, 0.05) is 23.2 Å². The predicted octanol–water partition coefficient (Wildman–Crippen LogP) is 3.07. The first kappa shape index (κ1) is 20.8. The molecule has 154 valence electrons. The number of methoxy groups -OCH3 is 3. The summed E-state index contributed by atoms with van der Waals surface area (Å²) in [5.74, 6) is 7.38. The van der Waals surface area contributed by atoms with E-state index in [9.17, 15) is 4.79 Å². The molecule has 0 atom stereocenters. The molecule has 3 rings (SSSR count). The highest BCUT2D eigenvalue weighted by Gasteiger charge is 2.16. The van der Waals surface area contributed by atoms with Gasteiger partial charge in [-0.25, -0.2) is 0 Å². The topological polar surface area (TPSA) is 78.9 Å². The van der Waals surface area contributed by atoms with Gasteiger partial charge in [0.1, 0.15) is 12.4 Å². The van der Waals surface area contributed by atoms with Gasteiger partial charge in [0.15, 0.2) is 11.5 Å². The van der Waals surface area contributed by atoms with Crippen molar-refractivity contribution in [1.82, 2.24) is 10.3 Å². The Balaban J connectivity index is 1.54. The van der Waals surface area contributed by atoms with Crippen LogP contribution in [0.3, 0.4) is 0 Å². The minimum absolute atomic E-state index is 0.179. The van der Waals surface area contributed by atoms with Crippen molar-refractivity contribution in [2.24, 2.45) is 0 Å². The van der Waals surface area contributed by atoms with Gasteiger partial charge in [-0.05, 0) is 30.3 Å². The zero-order valence-corrected chi connectivity index (χ0v) is 17.0. The van der Waals surface area contributed by atoms with E-state index in [2.05, 4.69) is 22.1 Å². The fraction of sp³-hybridized carbons (Fsp3) is 0.217. The number of carbonyl (C=O) groups excluding carboxylic acids is 1. The number of amides is 1. The Hall–Kier alpha value is -3.92. The van der Waals surface area contributed by atoms with Gasteiger partial charge in [-0.1, -0.05) is 17.9 Å². The number of benzene rings is 2. The van der Waals surface area contributed by atoms with Crippen LogP contribution in [-0.4, -0.2) is 45.4 Å². The number of ether oxygens (including phenoxy) is 4. The first-order valence-electron chi connectivity index (χ1n) is 9.17. The number of fused-ring (bicyclic) bond motifs is 1. The average molecular weight is 406 g/mol. The molecule has 0 aliphatic rings. The van der Waals surface area contributed by atoms with E-state index < -0.39 is 0 Å². The van der Waals surface area contributed by atoms with E-state index in [1.54, 1.807) is 18.3 Å². The summed E-state index contributed by atoms with van der Waals surface area (Å²) in [4.78, 5) is 16.7. The van der Waals surface area contributed by atoms with Crippen molar-refractivity contribution >= 4 is 16.8 Å². The Morgan fingerprint density at radius 1 is 1.00 bits per heavy atom. The highest BCUT2D eigenvalue weighted by molar-refractivity contribution is 5.95. The molecule has 1 heterocycles. The molecule has 0 aliphatic carbocycles. The molecule has 0 fully saturated rings. The zero-order valence-electron chi connectivity index (χ0n) is 17.0. The minimum atomic E-state index is -0.301. The lowest BCUT2D eigenvalue weighted by Crippen LogP contribution is -2.23. The Kier molecular flexibility index (Phi) is 6.95. The molecule has 0 aliphatic heterocycles. The van der Waals surface area contributed by atoms with Crippen LogP contribution in [0.5, 0.6) is 23.0 Å². The molecule has 30 heavy (non-hydrogen) atoms. The van der Waals surface area contributed by atoms with Crippen LogP contribution in [0.15, 0.2) is 48.7 Å². The highest BCUT2D eigenvalue weighted by Crippen LogP contribution is 2.38. The van der Waals surface area contributed by atoms with Crippen molar-refractivity contribution in [2.75, 3.05) is 34.5 Å². The number of nitrogens with zero attached hydrogens (tertiary/aromatic N) is 1. The number of nitrogens with one attached hydrogen (secondary N) is 1. The van der Waals surface area contributed by atoms with Crippen molar-refractivity contribution in [3.8, 4) is 34.8 Å². The average Bonchev–Trinajstić information content (AvgIpc) is 2.79. The molecule has 0 bridgehead atoms. The van der Waals surface area contributed by atoms with Gasteiger partial charge >= 0.3 is 0 Å². The van der Waals surface area contributed by atoms with E-state index >= 15 is 0 Å². The van der Waals surface area contributed by atoms with Crippen LogP contribution < -0.4 is 24.3 Å². The second-order valence-electron chi connectivity index (χ2n) is 6.10. The summed E-state index contributed by atoms with van der Waals surface area (Å²) in [6.45, 7) is 0.385. The first-order chi connectivity index (χ1) is 14.7. The number of rotatable bonds is 7. The highest BCUT2D eigenvalue weighted by atomic mass is 16.5. The summed E-state index contributed by atoms with van der Waals surface area (Å²) in [7, 11) is 4.50. The Morgan fingerprint density at radius 2 is 1.77 bits per heavy atom. The number of hydrogen-bond donors (Lipinski definition) is 1. The molecule has 2 aromatic carbocycles. The van der Waals surface area contributed by atoms with E-state index in [1.807, 2.05) is 30.3 Å². The molecule has 1 aromatic heterocycles. The van der Waals surface area contributed by atoms with Crippen molar-refractivity contribution in [2.45, 2.75) is 0 Å². The molecule has 0 saturated heterocycles. The number of hydrogen-bond acceptors (Lipinski definition) is 6. The largest absolute Gasteiger partial charge is 0.493 e. The van der Waals surface area contributed by atoms with Gasteiger partial charge in [0.2, 0.25) is 5.75 Å². The summed E-state index contributed by atoms with van der Waals surface area (Å²) in [6.07, 6.45) is 1.74. The second kappa shape index (κ2) is 10.0. The van der Waals surface area contributed by atoms with Gasteiger partial charge < -0.3 is 24.3 Å². The van der Waals surface area contributed by atoms with Crippen LogP contribution in [0, 0.1) is 11.8 Å². The maximum Gasteiger partial charge on any atom is 0.252 e. The van der Waals surface area contributed by atoms with Gasteiger partial charge in [0.05, 0.1) is 33.4 Å². The lowest BCUT2D eigenvalue weighted by Gasteiger charge is -2.13. The molecule has 0 unspecified atom stereocenters. The third-order valence-corrected chi connectivity index (χ3v) is 4.28. The van der Waals surface area contributed by atoms with Gasteiger partial charge in [-0.2, -0.15) is 0 Å². The maximum atomic E-state index is 12.4. The molecule has 7 nitrogen and oxygen atoms in total. The predicted molar refractivity (Wildman–Crippen MR) is 113 cm³/mol. The third-order valence-electron chi connectivity index (χ3n) is 4.28. The third kappa shape index (κ3) is 4.92. The lowest BCUT2D eigenvalue weighted by molar-refractivity contribution is 0.0958. The van der Waals surface area contributed by atoms with Gasteiger partial charge in [0.25, 0.3) is 5.91 Å². The molecular formula is C23H22N2O5. The summed E-state index contributed by atoms with van der Waals surface area (Å²) >= 11 is 0. The molecule has 3 aromatic rings. The number of aromatic nitrogens is 1. The lowest BCUT2D eigenvalue weighted by atomic mass is 10.1. The maximum absolute atomic E-state index is 12.4. The molecule has 0 saturated carbocycles. The molecular weight excluding hydrogens is 384 g/mol. The smallest absolute Gasteiger partial charge is 0.252 e. The summed E-state index contributed by atoms with van der Waals surface area (Å²) in [5, 5.41) is 3.78.